The molecule has 0 saturated heterocycles. The Labute approximate surface area is 102 Å². The van der Waals surface area contributed by atoms with E-state index in [1.807, 2.05) is 30.8 Å². The number of aryl methyl sites for hydroxylation is 1. The third kappa shape index (κ3) is 4.45. The number of nitrogens with one attached hydrogen (secondary N) is 1. The summed E-state index contributed by atoms with van der Waals surface area (Å²) in [5.41, 5.74) is 2.17. The molecule has 0 radical (unpaired) electrons. The lowest BCUT2D eigenvalue weighted by atomic mass is 10.1. The van der Waals surface area contributed by atoms with E-state index in [1.165, 1.54) is 5.56 Å². The smallest absolute Gasteiger partial charge is 0.120 e. The minimum absolute atomic E-state index is 0.383. The molecule has 16 heavy (non-hydrogen) atoms. The Kier molecular flexibility index (Phi) is 5.71. The van der Waals surface area contributed by atoms with Crippen LogP contribution in [0.5, 0.6) is 5.75 Å². The lowest BCUT2D eigenvalue weighted by molar-refractivity contribution is 0.461. The summed E-state index contributed by atoms with van der Waals surface area (Å²) < 4.78 is 0. The molecule has 1 aromatic carbocycles. The van der Waals surface area contributed by atoms with Crippen molar-refractivity contribution >= 4 is 11.8 Å². The van der Waals surface area contributed by atoms with E-state index in [-0.39, 0.29) is 0 Å². The zero-order valence-corrected chi connectivity index (χ0v) is 11.1. The summed E-state index contributed by atoms with van der Waals surface area (Å²) in [7, 11) is 0. The first-order chi connectivity index (χ1) is 7.63. The zero-order valence-electron chi connectivity index (χ0n) is 10.3. The average molecular weight is 239 g/mol. The van der Waals surface area contributed by atoms with Crippen LogP contribution in [0.15, 0.2) is 18.2 Å². The van der Waals surface area contributed by atoms with Crippen LogP contribution in [-0.4, -0.2) is 22.7 Å². The van der Waals surface area contributed by atoms with Crippen molar-refractivity contribution in [2.75, 3.05) is 11.5 Å². The van der Waals surface area contributed by atoms with E-state index in [0.29, 0.717) is 11.8 Å². The van der Waals surface area contributed by atoms with Crippen molar-refractivity contribution in [1.29, 1.82) is 0 Å². The maximum Gasteiger partial charge on any atom is 0.120 e. The monoisotopic (exact) mass is 239 g/mol. The normalized spacial score (nSPS) is 12.7. The quantitative estimate of drug-likeness (QED) is 0.800. The molecule has 0 aliphatic carbocycles. The SMILES string of the molecule is CCSCC(C)NCc1cc(C)ccc1O. The van der Waals surface area contributed by atoms with Gasteiger partial charge in [-0.2, -0.15) is 11.8 Å². The molecule has 0 aliphatic heterocycles. The third-order valence-corrected chi connectivity index (χ3v) is 3.59. The molecular formula is C13H21NOS. The molecule has 0 aromatic heterocycles. The van der Waals surface area contributed by atoms with Gasteiger partial charge in [-0.25, -0.2) is 0 Å². The third-order valence-electron chi connectivity index (χ3n) is 2.45. The van der Waals surface area contributed by atoms with Crippen LogP contribution in [0.1, 0.15) is 25.0 Å². The second-order valence-corrected chi connectivity index (χ2v) is 5.39. The topological polar surface area (TPSA) is 32.3 Å². The van der Waals surface area contributed by atoms with Crippen molar-refractivity contribution in [3.05, 3.63) is 29.3 Å². The summed E-state index contributed by atoms with van der Waals surface area (Å²) in [6.07, 6.45) is 0. The van der Waals surface area contributed by atoms with Gasteiger partial charge in [-0.05, 0) is 25.7 Å². The number of phenolic OH excluding ortho intramolecular Hbond substituents is 1. The minimum atomic E-state index is 0.383. The number of thioether (sulfide) groups is 1. The second-order valence-electron chi connectivity index (χ2n) is 4.07. The van der Waals surface area contributed by atoms with Gasteiger partial charge < -0.3 is 10.4 Å². The molecule has 90 valence electrons. The highest BCUT2D eigenvalue weighted by Gasteiger charge is 2.04. The number of rotatable bonds is 6. The molecule has 1 rings (SSSR count). The molecule has 0 spiro atoms. The summed E-state index contributed by atoms with van der Waals surface area (Å²) in [6, 6.07) is 6.19. The van der Waals surface area contributed by atoms with Gasteiger partial charge in [0.25, 0.3) is 0 Å². The van der Waals surface area contributed by atoms with Gasteiger partial charge in [0.1, 0.15) is 5.75 Å². The zero-order chi connectivity index (χ0) is 12.0. The maximum atomic E-state index is 9.68. The molecule has 0 bridgehead atoms. The van der Waals surface area contributed by atoms with Gasteiger partial charge in [0.2, 0.25) is 0 Å². The van der Waals surface area contributed by atoms with Crippen LogP contribution >= 0.6 is 11.8 Å². The number of benzene rings is 1. The lowest BCUT2D eigenvalue weighted by Gasteiger charge is -2.14. The Morgan fingerprint density at radius 2 is 2.19 bits per heavy atom. The summed E-state index contributed by atoms with van der Waals surface area (Å²) in [4.78, 5) is 0. The van der Waals surface area contributed by atoms with Crippen LogP contribution in [0.2, 0.25) is 0 Å². The fraction of sp³-hybridized carbons (Fsp3) is 0.538. The molecule has 0 saturated carbocycles. The first kappa shape index (κ1) is 13.4. The molecule has 1 aromatic rings. The van der Waals surface area contributed by atoms with Crippen LogP contribution in [-0.2, 0) is 6.54 Å². The minimum Gasteiger partial charge on any atom is -0.508 e. The van der Waals surface area contributed by atoms with Crippen molar-refractivity contribution in [3.8, 4) is 5.75 Å². The molecule has 1 atom stereocenters. The Morgan fingerprint density at radius 3 is 2.88 bits per heavy atom. The predicted molar refractivity (Wildman–Crippen MR) is 72.1 cm³/mol. The van der Waals surface area contributed by atoms with Crippen molar-refractivity contribution in [3.63, 3.8) is 0 Å². The predicted octanol–water partition coefficient (Wildman–Crippen LogP) is 2.93. The molecule has 2 nitrogen and oxygen atoms in total. The molecule has 2 N–H and O–H groups in total. The van der Waals surface area contributed by atoms with Crippen LogP contribution < -0.4 is 5.32 Å². The Hall–Kier alpha value is -0.670. The van der Waals surface area contributed by atoms with Crippen LogP contribution in [0.25, 0.3) is 0 Å². The number of aromatic hydroxyl groups is 1. The van der Waals surface area contributed by atoms with Gasteiger partial charge in [0, 0.05) is 23.9 Å². The summed E-state index contributed by atoms with van der Waals surface area (Å²) >= 11 is 1.93. The van der Waals surface area contributed by atoms with E-state index < -0.39 is 0 Å². The molecule has 0 heterocycles. The summed E-state index contributed by atoms with van der Waals surface area (Å²) in [6.45, 7) is 7.12. The number of hydrogen-bond donors (Lipinski definition) is 2. The highest BCUT2D eigenvalue weighted by Crippen LogP contribution is 2.18. The molecule has 0 aliphatic rings. The molecule has 0 amide bonds. The van der Waals surface area contributed by atoms with Crippen molar-refractivity contribution < 1.29 is 5.11 Å². The van der Waals surface area contributed by atoms with Crippen LogP contribution in [0.4, 0.5) is 0 Å². The summed E-state index contributed by atoms with van der Waals surface area (Å²) in [5, 5.41) is 13.1. The first-order valence-electron chi connectivity index (χ1n) is 5.73. The summed E-state index contributed by atoms with van der Waals surface area (Å²) in [5.74, 6) is 2.65. The van der Waals surface area contributed by atoms with E-state index >= 15 is 0 Å². The van der Waals surface area contributed by atoms with E-state index in [1.54, 1.807) is 6.07 Å². The van der Waals surface area contributed by atoms with Crippen LogP contribution in [0, 0.1) is 6.92 Å². The largest absolute Gasteiger partial charge is 0.508 e. The fourth-order valence-electron chi connectivity index (χ4n) is 1.49. The van der Waals surface area contributed by atoms with Crippen LogP contribution in [0.3, 0.4) is 0 Å². The molecule has 1 unspecified atom stereocenters. The number of hydrogen-bond acceptors (Lipinski definition) is 3. The second kappa shape index (κ2) is 6.81. The Balaban J connectivity index is 2.44. The van der Waals surface area contributed by atoms with Crippen molar-refractivity contribution in [2.45, 2.75) is 33.4 Å². The van der Waals surface area contributed by atoms with Gasteiger partial charge in [0.05, 0.1) is 0 Å². The molecular weight excluding hydrogens is 218 g/mol. The Bertz CT molecular complexity index is 328. The first-order valence-corrected chi connectivity index (χ1v) is 6.88. The maximum absolute atomic E-state index is 9.68. The van der Waals surface area contributed by atoms with Gasteiger partial charge in [-0.15, -0.1) is 0 Å². The van der Waals surface area contributed by atoms with Gasteiger partial charge >= 0.3 is 0 Å². The number of phenols is 1. The van der Waals surface area contributed by atoms with Gasteiger partial charge in [-0.1, -0.05) is 24.6 Å². The molecule has 3 heteroatoms. The van der Waals surface area contributed by atoms with E-state index in [9.17, 15) is 5.11 Å². The highest BCUT2D eigenvalue weighted by molar-refractivity contribution is 7.99. The fourth-order valence-corrected chi connectivity index (χ4v) is 2.20. The van der Waals surface area contributed by atoms with E-state index in [2.05, 4.69) is 19.2 Å². The highest BCUT2D eigenvalue weighted by atomic mass is 32.2. The lowest BCUT2D eigenvalue weighted by Crippen LogP contribution is -2.27. The van der Waals surface area contributed by atoms with E-state index in [0.717, 1.165) is 23.6 Å². The van der Waals surface area contributed by atoms with Crippen molar-refractivity contribution in [2.24, 2.45) is 0 Å². The molecule has 0 fully saturated rings. The Morgan fingerprint density at radius 1 is 1.44 bits per heavy atom. The van der Waals surface area contributed by atoms with Gasteiger partial charge in [0.15, 0.2) is 0 Å². The van der Waals surface area contributed by atoms with Gasteiger partial charge in [-0.3, -0.25) is 0 Å². The van der Waals surface area contributed by atoms with Crippen molar-refractivity contribution in [1.82, 2.24) is 5.32 Å². The standard InChI is InChI=1S/C13H21NOS/c1-4-16-9-11(3)14-8-12-7-10(2)5-6-13(12)15/h5-7,11,14-15H,4,8-9H2,1-3H3. The van der Waals surface area contributed by atoms with E-state index in [4.69, 9.17) is 0 Å². The average Bonchev–Trinajstić information content (AvgIpc) is 2.27.